The average Bonchev–Trinajstić information content (AvgIpc) is 2.79. The summed E-state index contributed by atoms with van der Waals surface area (Å²) in [5, 5.41) is 0. The Kier molecular flexibility index (Phi) is 7.37. The summed E-state index contributed by atoms with van der Waals surface area (Å²) in [6, 6.07) is 0.823. The van der Waals surface area contributed by atoms with E-state index in [1.165, 1.54) is 31.9 Å². The first-order valence-electron chi connectivity index (χ1n) is 11.7. The summed E-state index contributed by atoms with van der Waals surface area (Å²) in [5.41, 5.74) is 4.09. The van der Waals surface area contributed by atoms with E-state index >= 15 is 0 Å². The molecule has 1 aliphatic carbocycles. The van der Waals surface area contributed by atoms with Crippen molar-refractivity contribution in [3.05, 3.63) is 53.5 Å². The number of esters is 1. The van der Waals surface area contributed by atoms with E-state index in [1.54, 1.807) is 19.3 Å². The van der Waals surface area contributed by atoms with Gasteiger partial charge >= 0.3 is 5.97 Å². The Morgan fingerprint density at radius 3 is 2.62 bits per heavy atom. The number of methoxy groups -OCH3 is 1. The molecule has 1 aromatic rings. The highest BCUT2D eigenvalue weighted by Crippen LogP contribution is 2.29. The molecule has 1 aromatic heterocycles. The number of allylic oxidation sites excluding steroid dienone is 2. The fraction of sp³-hybridized carbons (Fsp3) is 0.560. The molecule has 0 atom stereocenters. The number of ether oxygens (including phenoxy) is 1. The van der Waals surface area contributed by atoms with Crippen LogP contribution in [0.25, 0.3) is 0 Å². The Hall–Kier alpha value is -2.51. The normalized spacial score (nSPS) is 21.1. The smallest absolute Gasteiger partial charge is 0.333 e. The number of hydrogen-bond donors (Lipinski definition) is 0. The molecule has 1 saturated carbocycles. The summed E-state index contributed by atoms with van der Waals surface area (Å²) in [4.78, 5) is 28.4. The molecule has 32 heavy (non-hydrogen) atoms. The lowest BCUT2D eigenvalue weighted by Crippen LogP contribution is -2.52. The Morgan fingerprint density at radius 2 is 1.97 bits per heavy atom. The number of fused-ring (bicyclic) bond motifs is 1. The van der Waals surface area contributed by atoms with Gasteiger partial charge in [-0.15, -0.1) is 0 Å². The number of aromatic nitrogens is 2. The zero-order valence-electron chi connectivity index (χ0n) is 19.4. The van der Waals surface area contributed by atoms with Crippen LogP contribution in [0.1, 0.15) is 37.4 Å². The molecule has 4 rings (SSSR count). The van der Waals surface area contributed by atoms with E-state index in [0.29, 0.717) is 5.57 Å². The van der Waals surface area contributed by atoms with Gasteiger partial charge in [-0.3, -0.25) is 9.80 Å². The second-order valence-electron chi connectivity index (χ2n) is 8.98. The highest BCUT2D eigenvalue weighted by molar-refractivity contribution is 5.87. The number of anilines is 1. The Balaban J connectivity index is 1.39. The van der Waals surface area contributed by atoms with Gasteiger partial charge in [0.15, 0.2) is 0 Å². The molecule has 3 heterocycles. The molecule has 0 aromatic carbocycles. The molecule has 0 radical (unpaired) electrons. The molecule has 172 valence electrons. The summed E-state index contributed by atoms with van der Waals surface area (Å²) in [6.07, 6.45) is 12.4. The van der Waals surface area contributed by atoms with E-state index in [-0.39, 0.29) is 5.97 Å². The summed E-state index contributed by atoms with van der Waals surface area (Å²) >= 11 is 0. The van der Waals surface area contributed by atoms with Crippen LogP contribution in [-0.4, -0.2) is 78.2 Å². The number of carbonyl (C=O) groups is 1. The van der Waals surface area contributed by atoms with E-state index < -0.39 is 0 Å². The molecule has 0 N–H and O–H groups in total. The maximum atomic E-state index is 11.6. The van der Waals surface area contributed by atoms with E-state index in [4.69, 9.17) is 9.72 Å². The summed E-state index contributed by atoms with van der Waals surface area (Å²) in [5.74, 6) is 0.827. The van der Waals surface area contributed by atoms with Crippen LogP contribution in [-0.2, 0) is 22.5 Å². The Bertz CT molecular complexity index is 898. The zero-order chi connectivity index (χ0) is 22.5. The standard InChI is InChI=1S/C25H35N5O2/c1-4-20(9-8-19(2)25(31)32-3)16-28-11-10-22-23(17-28)26-18-27-24(22)30-14-12-29(13-15-30)21-6-5-7-21/h4,8-9,18,21H,1,5-7,10-17H2,2-3H3/b19-8+,20-9+. The van der Waals surface area contributed by atoms with Crippen LogP contribution in [0.2, 0.25) is 0 Å². The fourth-order valence-electron chi connectivity index (χ4n) is 4.75. The Morgan fingerprint density at radius 1 is 1.19 bits per heavy atom. The molecule has 1 saturated heterocycles. The largest absolute Gasteiger partial charge is 0.466 e. The maximum absolute atomic E-state index is 11.6. The maximum Gasteiger partial charge on any atom is 0.333 e. The lowest BCUT2D eigenvalue weighted by molar-refractivity contribution is -0.136. The molecule has 2 aliphatic heterocycles. The van der Waals surface area contributed by atoms with Gasteiger partial charge in [0.1, 0.15) is 12.1 Å². The predicted octanol–water partition coefficient (Wildman–Crippen LogP) is 2.74. The topological polar surface area (TPSA) is 61.8 Å². The highest BCUT2D eigenvalue weighted by Gasteiger charge is 2.30. The van der Waals surface area contributed by atoms with E-state index in [2.05, 4.69) is 26.3 Å². The first-order valence-corrected chi connectivity index (χ1v) is 11.7. The lowest BCUT2D eigenvalue weighted by Gasteiger charge is -2.43. The van der Waals surface area contributed by atoms with Gasteiger partial charge in [-0.25, -0.2) is 14.8 Å². The molecule has 2 fully saturated rings. The predicted molar refractivity (Wildman–Crippen MR) is 126 cm³/mol. The van der Waals surface area contributed by atoms with Crippen LogP contribution in [0.3, 0.4) is 0 Å². The molecule has 3 aliphatic rings. The van der Waals surface area contributed by atoms with Crippen molar-refractivity contribution in [2.24, 2.45) is 0 Å². The number of rotatable bonds is 7. The van der Waals surface area contributed by atoms with Gasteiger partial charge in [-0.2, -0.15) is 0 Å². The second kappa shape index (κ2) is 10.4. The van der Waals surface area contributed by atoms with E-state index in [0.717, 1.165) is 75.4 Å². The van der Waals surface area contributed by atoms with Crippen molar-refractivity contribution in [3.63, 3.8) is 0 Å². The third-order valence-corrected chi connectivity index (χ3v) is 6.99. The van der Waals surface area contributed by atoms with Crippen molar-refractivity contribution >= 4 is 11.8 Å². The molecular formula is C25H35N5O2. The molecule has 0 amide bonds. The van der Waals surface area contributed by atoms with Crippen LogP contribution in [0, 0.1) is 0 Å². The molecule has 0 unspecified atom stereocenters. The average molecular weight is 438 g/mol. The van der Waals surface area contributed by atoms with Crippen LogP contribution in [0.4, 0.5) is 5.82 Å². The van der Waals surface area contributed by atoms with Crippen molar-refractivity contribution in [1.29, 1.82) is 0 Å². The monoisotopic (exact) mass is 437 g/mol. The van der Waals surface area contributed by atoms with Gasteiger partial charge in [0.2, 0.25) is 0 Å². The number of nitrogens with zero attached hydrogens (tertiary/aromatic N) is 5. The summed E-state index contributed by atoms with van der Waals surface area (Å²) < 4.78 is 4.76. The number of piperazine rings is 1. The minimum Gasteiger partial charge on any atom is -0.466 e. The first-order chi connectivity index (χ1) is 15.6. The van der Waals surface area contributed by atoms with Crippen molar-refractivity contribution in [2.75, 3.05) is 51.3 Å². The van der Waals surface area contributed by atoms with Crippen LogP contribution < -0.4 is 4.90 Å². The molecule has 7 heteroatoms. The van der Waals surface area contributed by atoms with Gasteiger partial charge in [0.25, 0.3) is 0 Å². The highest BCUT2D eigenvalue weighted by atomic mass is 16.5. The van der Waals surface area contributed by atoms with Crippen molar-refractivity contribution in [2.45, 2.75) is 45.2 Å². The summed E-state index contributed by atoms with van der Waals surface area (Å²) in [6.45, 7) is 12.6. The zero-order valence-corrected chi connectivity index (χ0v) is 19.4. The molecule has 0 bridgehead atoms. The third-order valence-electron chi connectivity index (χ3n) is 6.99. The Labute approximate surface area is 191 Å². The fourth-order valence-corrected chi connectivity index (χ4v) is 4.75. The van der Waals surface area contributed by atoms with Crippen molar-refractivity contribution in [3.8, 4) is 0 Å². The molecule has 7 nitrogen and oxygen atoms in total. The van der Waals surface area contributed by atoms with Crippen LogP contribution in [0.15, 0.2) is 42.3 Å². The van der Waals surface area contributed by atoms with Crippen LogP contribution >= 0.6 is 0 Å². The van der Waals surface area contributed by atoms with E-state index in [1.807, 2.05) is 12.2 Å². The van der Waals surface area contributed by atoms with Crippen molar-refractivity contribution in [1.82, 2.24) is 19.8 Å². The minimum atomic E-state index is -0.311. The minimum absolute atomic E-state index is 0.311. The quantitative estimate of drug-likeness (QED) is 0.369. The number of hydrogen-bond acceptors (Lipinski definition) is 7. The molecular weight excluding hydrogens is 402 g/mol. The van der Waals surface area contributed by atoms with Gasteiger partial charge < -0.3 is 9.64 Å². The van der Waals surface area contributed by atoms with Gasteiger partial charge in [0.05, 0.1) is 12.8 Å². The van der Waals surface area contributed by atoms with Crippen LogP contribution in [0.5, 0.6) is 0 Å². The second-order valence-corrected chi connectivity index (χ2v) is 8.98. The lowest BCUT2D eigenvalue weighted by atomic mass is 9.91. The van der Waals surface area contributed by atoms with Gasteiger partial charge in [0, 0.05) is 63.0 Å². The number of carbonyl (C=O) groups excluding carboxylic acids is 1. The summed E-state index contributed by atoms with van der Waals surface area (Å²) in [7, 11) is 1.40. The first kappa shape index (κ1) is 22.7. The van der Waals surface area contributed by atoms with E-state index in [9.17, 15) is 4.79 Å². The van der Waals surface area contributed by atoms with Gasteiger partial charge in [-0.1, -0.05) is 31.2 Å². The SMILES string of the molecule is C=C/C(=C\C=C(/C)C(=O)OC)CN1CCc2c(ncnc2N2CCN(C3CCC3)CC2)C1. The van der Waals surface area contributed by atoms with Gasteiger partial charge in [-0.05, 0) is 31.8 Å². The third kappa shape index (κ3) is 5.10. The molecule has 0 spiro atoms. The van der Waals surface area contributed by atoms with Crippen molar-refractivity contribution < 1.29 is 9.53 Å².